The number of amides is 2. The van der Waals surface area contributed by atoms with Crippen LogP contribution in [0.25, 0.3) is 0 Å². The van der Waals surface area contributed by atoms with Crippen LogP contribution in [0.1, 0.15) is 19.8 Å². The summed E-state index contributed by atoms with van der Waals surface area (Å²) >= 11 is 7.13. The predicted molar refractivity (Wildman–Crippen MR) is 93.5 cm³/mol. The highest BCUT2D eigenvalue weighted by atomic mass is 35.5. The maximum Gasteiger partial charge on any atom is 0.271 e. The smallest absolute Gasteiger partial charge is 0.271 e. The second-order valence-electron chi connectivity index (χ2n) is 4.96. The monoisotopic (exact) mass is 370 g/mol. The molecule has 0 spiro atoms. The molecule has 0 unspecified atom stereocenters. The van der Waals surface area contributed by atoms with Gasteiger partial charge in [-0.15, -0.1) is 0 Å². The molecular formula is C14H15ClN4O4S. The number of thioether (sulfide) groups is 1. The largest absolute Gasteiger partial charge is 0.325 e. The molecule has 1 aliphatic heterocycles. The molecule has 0 saturated carbocycles. The zero-order valence-corrected chi connectivity index (χ0v) is 14.3. The van der Waals surface area contributed by atoms with Gasteiger partial charge in [0.15, 0.2) is 5.17 Å². The highest BCUT2D eigenvalue weighted by Gasteiger charge is 2.32. The Morgan fingerprint density at radius 3 is 2.96 bits per heavy atom. The van der Waals surface area contributed by atoms with Crippen LogP contribution in [0.3, 0.4) is 0 Å². The summed E-state index contributed by atoms with van der Waals surface area (Å²) in [7, 11) is 0. The third kappa shape index (κ3) is 4.68. The maximum absolute atomic E-state index is 12.1. The number of benzene rings is 1. The predicted octanol–water partition coefficient (Wildman–Crippen LogP) is 2.57. The van der Waals surface area contributed by atoms with E-state index in [1.807, 2.05) is 6.92 Å². The van der Waals surface area contributed by atoms with Gasteiger partial charge < -0.3 is 10.6 Å². The Kier molecular flexibility index (Phi) is 6.16. The van der Waals surface area contributed by atoms with Gasteiger partial charge in [-0.05, 0) is 12.5 Å². The molecule has 128 valence electrons. The highest BCUT2D eigenvalue weighted by Crippen LogP contribution is 2.28. The topological polar surface area (TPSA) is 114 Å². The molecule has 8 nitrogen and oxygen atoms in total. The third-order valence-electron chi connectivity index (χ3n) is 3.06. The van der Waals surface area contributed by atoms with E-state index in [9.17, 15) is 19.7 Å². The quantitative estimate of drug-likeness (QED) is 0.590. The molecule has 1 aliphatic rings. The van der Waals surface area contributed by atoms with Gasteiger partial charge >= 0.3 is 0 Å². The van der Waals surface area contributed by atoms with Crippen LogP contribution >= 0.6 is 23.4 Å². The van der Waals surface area contributed by atoms with E-state index < -0.39 is 16.1 Å². The number of hydrogen-bond donors (Lipinski definition) is 2. The van der Waals surface area contributed by atoms with Crippen LogP contribution in [0.15, 0.2) is 23.2 Å². The lowest BCUT2D eigenvalue weighted by Gasteiger charge is -2.08. The van der Waals surface area contributed by atoms with E-state index in [4.69, 9.17) is 11.6 Å². The van der Waals surface area contributed by atoms with Crippen LogP contribution in [0, 0.1) is 10.1 Å². The first-order valence-corrected chi connectivity index (χ1v) is 8.42. The van der Waals surface area contributed by atoms with Crippen LogP contribution < -0.4 is 10.6 Å². The summed E-state index contributed by atoms with van der Waals surface area (Å²) in [5.41, 5.74) is -0.0455. The van der Waals surface area contributed by atoms with Crippen molar-refractivity contribution in [3.63, 3.8) is 0 Å². The van der Waals surface area contributed by atoms with Gasteiger partial charge in [0, 0.05) is 25.1 Å². The number of anilines is 1. The molecule has 2 N–H and O–H groups in total. The minimum atomic E-state index is -0.585. The van der Waals surface area contributed by atoms with Gasteiger partial charge in [0.25, 0.3) is 5.69 Å². The molecule has 0 bridgehead atoms. The average Bonchev–Trinajstić information content (AvgIpc) is 2.87. The lowest BCUT2D eigenvalue weighted by Crippen LogP contribution is -2.28. The normalized spacial score (nSPS) is 18.5. The average molecular weight is 371 g/mol. The molecule has 0 aliphatic carbocycles. The molecule has 1 saturated heterocycles. The Balaban J connectivity index is 2.00. The van der Waals surface area contributed by atoms with E-state index in [0.717, 1.165) is 6.42 Å². The van der Waals surface area contributed by atoms with Gasteiger partial charge in [-0.25, -0.2) is 0 Å². The number of halogens is 1. The number of rotatable bonds is 6. The molecule has 2 amide bonds. The van der Waals surface area contributed by atoms with Gasteiger partial charge in [0.1, 0.15) is 5.25 Å². The number of nitro benzene ring substituents is 1. The fraction of sp³-hybridized carbons (Fsp3) is 0.357. The molecule has 1 aromatic rings. The molecule has 10 heteroatoms. The second-order valence-corrected chi connectivity index (χ2v) is 6.55. The van der Waals surface area contributed by atoms with E-state index in [2.05, 4.69) is 15.6 Å². The Labute approximate surface area is 147 Å². The summed E-state index contributed by atoms with van der Waals surface area (Å²) in [6, 6.07) is 3.76. The van der Waals surface area contributed by atoms with Crippen molar-refractivity contribution in [1.29, 1.82) is 0 Å². The number of non-ortho nitro benzene ring substituents is 1. The van der Waals surface area contributed by atoms with E-state index in [1.165, 1.54) is 30.0 Å². The fourth-order valence-corrected chi connectivity index (χ4v) is 3.08. The summed E-state index contributed by atoms with van der Waals surface area (Å²) in [4.78, 5) is 38.3. The minimum Gasteiger partial charge on any atom is -0.325 e. The Bertz CT molecular complexity index is 710. The zero-order chi connectivity index (χ0) is 17.7. The molecule has 2 rings (SSSR count). The SMILES string of the molecule is CCCN=C1NC(=O)[C@@H](CC(=O)Nc2cc([N+](=O)[O-])ccc2Cl)S1. The van der Waals surface area contributed by atoms with Gasteiger partial charge in [0.2, 0.25) is 11.8 Å². The maximum atomic E-state index is 12.1. The molecule has 1 aromatic carbocycles. The van der Waals surface area contributed by atoms with Crippen molar-refractivity contribution < 1.29 is 14.5 Å². The van der Waals surface area contributed by atoms with Crippen molar-refractivity contribution in [3.05, 3.63) is 33.3 Å². The highest BCUT2D eigenvalue weighted by molar-refractivity contribution is 8.15. The lowest BCUT2D eigenvalue weighted by molar-refractivity contribution is -0.384. The van der Waals surface area contributed by atoms with Crippen LogP contribution in [0.4, 0.5) is 11.4 Å². The number of nitrogens with zero attached hydrogens (tertiary/aromatic N) is 2. The zero-order valence-electron chi connectivity index (χ0n) is 12.7. The summed E-state index contributed by atoms with van der Waals surface area (Å²) in [5.74, 6) is -0.739. The van der Waals surface area contributed by atoms with Crippen molar-refractivity contribution >= 4 is 51.7 Å². The first-order chi connectivity index (χ1) is 11.4. The number of aliphatic imine (C=N–C) groups is 1. The van der Waals surface area contributed by atoms with Gasteiger partial charge in [-0.1, -0.05) is 30.3 Å². The Hall–Kier alpha value is -2.13. The standard InChI is InChI=1S/C14H15ClN4O4S/c1-2-5-16-14-18-13(21)11(24-14)7-12(20)17-10-6-8(19(22)23)3-4-9(10)15/h3-4,6,11H,2,5,7H2,1H3,(H,17,20)(H,16,18,21)/t11-/m1/s1. The fourth-order valence-electron chi connectivity index (χ4n) is 1.92. The van der Waals surface area contributed by atoms with Crippen LogP contribution in [0.2, 0.25) is 5.02 Å². The first kappa shape index (κ1) is 18.2. The van der Waals surface area contributed by atoms with E-state index >= 15 is 0 Å². The molecule has 24 heavy (non-hydrogen) atoms. The third-order valence-corrected chi connectivity index (χ3v) is 4.51. The van der Waals surface area contributed by atoms with Gasteiger partial charge in [-0.3, -0.25) is 24.7 Å². The molecule has 1 atom stereocenters. The summed E-state index contributed by atoms with van der Waals surface area (Å²) < 4.78 is 0. The number of nitrogens with one attached hydrogen (secondary N) is 2. The Morgan fingerprint density at radius 2 is 2.29 bits per heavy atom. The van der Waals surface area contributed by atoms with Crippen molar-refractivity contribution in [2.45, 2.75) is 25.0 Å². The van der Waals surface area contributed by atoms with Crippen molar-refractivity contribution in [2.24, 2.45) is 4.99 Å². The number of nitro groups is 1. The number of hydrogen-bond acceptors (Lipinski definition) is 6. The molecular weight excluding hydrogens is 356 g/mol. The van der Waals surface area contributed by atoms with E-state index in [1.54, 1.807) is 0 Å². The van der Waals surface area contributed by atoms with Gasteiger partial charge in [0.05, 0.1) is 15.6 Å². The number of carbonyl (C=O) groups is 2. The van der Waals surface area contributed by atoms with Gasteiger partial charge in [-0.2, -0.15) is 0 Å². The molecule has 1 heterocycles. The number of carbonyl (C=O) groups excluding carboxylic acids is 2. The van der Waals surface area contributed by atoms with Crippen LogP contribution in [-0.2, 0) is 9.59 Å². The Morgan fingerprint density at radius 1 is 1.54 bits per heavy atom. The van der Waals surface area contributed by atoms with Crippen LogP contribution in [-0.4, -0.2) is 33.7 Å². The summed E-state index contributed by atoms with van der Waals surface area (Å²) in [6.45, 7) is 2.57. The van der Waals surface area contributed by atoms with E-state index in [-0.39, 0.29) is 28.7 Å². The van der Waals surface area contributed by atoms with Crippen molar-refractivity contribution in [3.8, 4) is 0 Å². The second kappa shape index (κ2) is 8.11. The number of amidine groups is 1. The summed E-state index contributed by atoms with van der Waals surface area (Å²) in [6.07, 6.45) is 0.775. The van der Waals surface area contributed by atoms with E-state index in [0.29, 0.717) is 11.7 Å². The van der Waals surface area contributed by atoms with Crippen molar-refractivity contribution in [2.75, 3.05) is 11.9 Å². The first-order valence-electron chi connectivity index (χ1n) is 7.16. The molecule has 0 radical (unpaired) electrons. The van der Waals surface area contributed by atoms with Crippen LogP contribution in [0.5, 0.6) is 0 Å². The lowest BCUT2D eigenvalue weighted by atomic mass is 10.2. The van der Waals surface area contributed by atoms with Crippen molar-refractivity contribution in [1.82, 2.24) is 5.32 Å². The minimum absolute atomic E-state index is 0.0827. The summed E-state index contributed by atoms with van der Waals surface area (Å²) in [5, 5.41) is 16.0. The molecule has 0 aromatic heterocycles. The molecule has 1 fully saturated rings.